The molecule has 0 bridgehead atoms. The number of nitrogens with zero attached hydrogens (tertiary/aromatic N) is 2. The minimum atomic E-state index is 1.09. The molecule has 0 aromatic carbocycles. The predicted octanol–water partition coefficient (Wildman–Crippen LogP) is 0.629. The maximum Gasteiger partial charge on any atom is 0.233 e. The summed E-state index contributed by atoms with van der Waals surface area (Å²) in [5.74, 6) is 0. The van der Waals surface area contributed by atoms with Crippen molar-refractivity contribution in [2.24, 2.45) is 0 Å². The van der Waals surface area contributed by atoms with E-state index in [-0.39, 0.29) is 0 Å². The van der Waals surface area contributed by atoms with Crippen molar-refractivity contribution in [3.05, 3.63) is 0 Å². The number of hydrogen-bond donors (Lipinski definition) is 0. The summed E-state index contributed by atoms with van der Waals surface area (Å²) >= 11 is 0. The van der Waals surface area contributed by atoms with Crippen LogP contribution in [0.15, 0.2) is 0 Å². The molecule has 0 aromatic heterocycles. The first-order valence-electron chi connectivity index (χ1n) is 3.46. The summed E-state index contributed by atoms with van der Waals surface area (Å²) in [7, 11) is 4.08. The normalized spacial score (nSPS) is 8.89. The highest BCUT2D eigenvalue weighted by atomic mass is 15.2. The fourth-order valence-corrected chi connectivity index (χ4v) is 0.714. The Bertz CT molecular complexity index is 89.1. The summed E-state index contributed by atoms with van der Waals surface area (Å²) in [6, 6.07) is 0. The average molecular weight is 129 g/mol. The van der Waals surface area contributed by atoms with Crippen LogP contribution in [0.3, 0.4) is 0 Å². The zero-order chi connectivity index (χ0) is 7.28. The second-order valence-electron chi connectivity index (χ2n) is 2.30. The molecule has 0 heterocycles. The van der Waals surface area contributed by atoms with E-state index in [0.29, 0.717) is 0 Å². The van der Waals surface area contributed by atoms with E-state index in [1.54, 1.807) is 0 Å². The summed E-state index contributed by atoms with van der Waals surface area (Å²) in [5.41, 5.74) is 0. The van der Waals surface area contributed by atoms with Crippen molar-refractivity contribution in [1.82, 2.24) is 4.90 Å². The van der Waals surface area contributed by atoms with Crippen molar-refractivity contribution < 1.29 is 4.58 Å². The Kier molecular flexibility index (Phi) is 4.10. The van der Waals surface area contributed by atoms with E-state index in [2.05, 4.69) is 29.7 Å². The van der Waals surface area contributed by atoms with Gasteiger partial charge < -0.3 is 0 Å². The van der Waals surface area contributed by atoms with Gasteiger partial charge in [0.15, 0.2) is 0 Å². The van der Waals surface area contributed by atoms with Crippen molar-refractivity contribution in [3.8, 4) is 0 Å². The Labute approximate surface area is 57.8 Å². The molecule has 0 fully saturated rings. The van der Waals surface area contributed by atoms with E-state index >= 15 is 0 Å². The summed E-state index contributed by atoms with van der Waals surface area (Å²) in [4.78, 5) is 2.25. The zero-order valence-electron chi connectivity index (χ0n) is 6.89. The number of hydrogen-bond acceptors (Lipinski definition) is 0. The molecule has 2 heteroatoms. The van der Waals surface area contributed by atoms with E-state index in [9.17, 15) is 0 Å². The van der Waals surface area contributed by atoms with Gasteiger partial charge in [0.2, 0.25) is 6.34 Å². The van der Waals surface area contributed by atoms with Gasteiger partial charge in [-0.3, -0.25) is 9.48 Å². The predicted molar refractivity (Wildman–Crippen MR) is 41.1 cm³/mol. The van der Waals surface area contributed by atoms with Crippen LogP contribution in [-0.4, -0.2) is 43.0 Å². The van der Waals surface area contributed by atoms with E-state index in [1.165, 1.54) is 0 Å². The molecule has 54 valence electrons. The van der Waals surface area contributed by atoms with Crippen LogP contribution in [-0.2, 0) is 0 Å². The van der Waals surface area contributed by atoms with Gasteiger partial charge in [-0.2, -0.15) is 0 Å². The Balaban J connectivity index is 3.68. The molecule has 0 spiro atoms. The van der Waals surface area contributed by atoms with Crippen LogP contribution in [0.25, 0.3) is 0 Å². The van der Waals surface area contributed by atoms with Crippen LogP contribution in [0.4, 0.5) is 0 Å². The second kappa shape index (κ2) is 4.36. The molecule has 0 aliphatic carbocycles. The topological polar surface area (TPSA) is 6.25 Å². The minimum Gasteiger partial charge on any atom is -0.274 e. The Hall–Kier alpha value is -0.530. The van der Waals surface area contributed by atoms with Crippen LogP contribution < -0.4 is 0 Å². The largest absolute Gasteiger partial charge is 0.274 e. The van der Waals surface area contributed by atoms with Crippen molar-refractivity contribution in [3.63, 3.8) is 0 Å². The molecule has 0 N–H and O–H groups in total. The molecule has 0 rings (SSSR count). The van der Waals surface area contributed by atoms with Gasteiger partial charge in [-0.15, -0.1) is 0 Å². The van der Waals surface area contributed by atoms with Gasteiger partial charge in [0, 0.05) is 0 Å². The lowest BCUT2D eigenvalue weighted by Gasteiger charge is -2.06. The first-order chi connectivity index (χ1) is 4.20. The van der Waals surface area contributed by atoms with E-state index in [0.717, 1.165) is 13.1 Å². The van der Waals surface area contributed by atoms with Crippen molar-refractivity contribution in [1.29, 1.82) is 0 Å². The van der Waals surface area contributed by atoms with Crippen molar-refractivity contribution in [2.45, 2.75) is 13.8 Å². The van der Waals surface area contributed by atoms with Gasteiger partial charge in [-0.05, 0) is 13.8 Å². The Morgan fingerprint density at radius 3 is 1.78 bits per heavy atom. The summed E-state index contributed by atoms with van der Waals surface area (Å²) in [6.07, 6.45) is 2.11. The quantitative estimate of drug-likeness (QED) is 0.308. The van der Waals surface area contributed by atoms with E-state index in [4.69, 9.17) is 0 Å². The Morgan fingerprint density at radius 1 is 1.22 bits per heavy atom. The highest BCUT2D eigenvalue weighted by molar-refractivity contribution is 5.48. The molecule has 0 aliphatic rings. The lowest BCUT2D eigenvalue weighted by atomic mass is 10.6. The maximum absolute atomic E-state index is 2.25. The van der Waals surface area contributed by atoms with Gasteiger partial charge in [-0.1, -0.05) is 0 Å². The van der Waals surface area contributed by atoms with Crippen LogP contribution in [0.2, 0.25) is 0 Å². The molecule has 2 nitrogen and oxygen atoms in total. The van der Waals surface area contributed by atoms with Crippen molar-refractivity contribution >= 4 is 6.34 Å². The minimum absolute atomic E-state index is 1.09. The summed E-state index contributed by atoms with van der Waals surface area (Å²) in [5, 5.41) is 0. The summed E-state index contributed by atoms with van der Waals surface area (Å²) < 4.78 is 2.06. The van der Waals surface area contributed by atoms with E-state index < -0.39 is 0 Å². The summed E-state index contributed by atoms with van der Waals surface area (Å²) in [6.45, 7) is 6.50. The maximum atomic E-state index is 2.25. The third-order valence-electron chi connectivity index (χ3n) is 1.21. The molecular weight excluding hydrogens is 112 g/mol. The molecular formula is C7H17N2+. The number of rotatable bonds is 3. The van der Waals surface area contributed by atoms with Gasteiger partial charge in [0.1, 0.15) is 0 Å². The van der Waals surface area contributed by atoms with Gasteiger partial charge in [0.05, 0.1) is 27.2 Å². The average Bonchev–Trinajstić information content (AvgIpc) is 1.82. The van der Waals surface area contributed by atoms with Crippen LogP contribution >= 0.6 is 0 Å². The molecule has 0 atom stereocenters. The Morgan fingerprint density at radius 2 is 1.67 bits per heavy atom. The second-order valence-corrected chi connectivity index (χ2v) is 2.30. The highest BCUT2D eigenvalue weighted by Gasteiger charge is 1.96. The van der Waals surface area contributed by atoms with E-state index in [1.807, 2.05) is 14.1 Å². The van der Waals surface area contributed by atoms with Crippen LogP contribution in [0.1, 0.15) is 13.8 Å². The standard InChI is InChI=1S/C7H17N2/c1-5-9(6-2)7-8(3)4/h7H,5-6H2,1-4H3/q+1. The first kappa shape index (κ1) is 8.47. The molecule has 9 heavy (non-hydrogen) atoms. The molecule has 0 saturated heterocycles. The molecule has 0 amide bonds. The fraction of sp³-hybridized carbons (Fsp3) is 0.857. The fourth-order valence-electron chi connectivity index (χ4n) is 0.714. The van der Waals surface area contributed by atoms with Gasteiger partial charge in [0.25, 0.3) is 0 Å². The van der Waals surface area contributed by atoms with Crippen LogP contribution in [0.5, 0.6) is 0 Å². The first-order valence-corrected chi connectivity index (χ1v) is 3.46. The molecule has 0 radical (unpaired) electrons. The monoisotopic (exact) mass is 129 g/mol. The smallest absolute Gasteiger partial charge is 0.233 e. The van der Waals surface area contributed by atoms with Crippen molar-refractivity contribution in [2.75, 3.05) is 27.2 Å². The molecule has 0 saturated carbocycles. The molecule has 0 aliphatic heterocycles. The lowest BCUT2D eigenvalue weighted by Crippen LogP contribution is -2.25. The zero-order valence-corrected chi connectivity index (χ0v) is 6.89. The SMILES string of the molecule is CCN(C=[N+](C)C)CC. The highest BCUT2D eigenvalue weighted by Crippen LogP contribution is 1.78. The molecule has 0 unspecified atom stereocenters. The third-order valence-corrected chi connectivity index (χ3v) is 1.21. The lowest BCUT2D eigenvalue weighted by molar-refractivity contribution is -0.464. The van der Waals surface area contributed by atoms with Gasteiger partial charge >= 0.3 is 0 Å². The van der Waals surface area contributed by atoms with Gasteiger partial charge in [-0.25, -0.2) is 0 Å². The molecule has 0 aromatic rings. The van der Waals surface area contributed by atoms with Crippen LogP contribution in [0, 0.1) is 0 Å². The third kappa shape index (κ3) is 4.01.